The Kier molecular flexibility index (Phi) is 6.41. The van der Waals surface area contributed by atoms with Crippen LogP contribution in [-0.4, -0.2) is 74.2 Å². The summed E-state index contributed by atoms with van der Waals surface area (Å²) in [6.07, 6.45) is 0. The number of nitrogens with one attached hydrogen (secondary N) is 1. The van der Waals surface area contributed by atoms with Crippen LogP contribution < -0.4 is 5.32 Å². The molecular formula is C14H25N5OS. The predicted molar refractivity (Wildman–Crippen MR) is 86.9 cm³/mol. The summed E-state index contributed by atoms with van der Waals surface area (Å²) in [5, 5.41) is 6.62. The average molecular weight is 311 g/mol. The summed E-state index contributed by atoms with van der Waals surface area (Å²) in [6, 6.07) is 0. The second kappa shape index (κ2) is 8.31. The van der Waals surface area contributed by atoms with Crippen molar-refractivity contribution in [3.05, 3.63) is 16.1 Å². The molecule has 0 radical (unpaired) electrons. The molecule has 0 atom stereocenters. The molecule has 118 valence electrons. The highest BCUT2D eigenvalue weighted by atomic mass is 32.1. The van der Waals surface area contributed by atoms with Crippen molar-refractivity contribution < 1.29 is 4.74 Å². The van der Waals surface area contributed by atoms with Crippen LogP contribution in [-0.2, 0) is 11.3 Å². The van der Waals surface area contributed by atoms with E-state index in [4.69, 9.17) is 4.74 Å². The van der Waals surface area contributed by atoms with Crippen molar-refractivity contribution >= 4 is 17.3 Å². The van der Waals surface area contributed by atoms with Crippen LogP contribution in [0.25, 0.3) is 0 Å². The highest BCUT2D eigenvalue weighted by Crippen LogP contribution is 2.09. The van der Waals surface area contributed by atoms with Gasteiger partial charge in [-0.15, -0.1) is 11.3 Å². The third-order valence-electron chi connectivity index (χ3n) is 3.45. The second-order valence-electron chi connectivity index (χ2n) is 5.14. The van der Waals surface area contributed by atoms with Gasteiger partial charge in [0.05, 0.1) is 30.5 Å². The molecular weight excluding hydrogens is 286 g/mol. The summed E-state index contributed by atoms with van der Waals surface area (Å²) in [5.74, 6) is 0.911. The molecule has 0 aliphatic carbocycles. The number of morpholine rings is 1. The van der Waals surface area contributed by atoms with Crippen LogP contribution in [0.5, 0.6) is 0 Å². The molecule has 7 heteroatoms. The Morgan fingerprint density at radius 1 is 1.52 bits per heavy atom. The number of hydrogen-bond acceptors (Lipinski definition) is 5. The molecule has 2 rings (SSSR count). The standard InChI is InChI=1S/C14H25N5OS/c1-12-17-13(11-21-12)10-18(3)14(15-2)16-4-5-19-6-8-20-9-7-19/h11H,4-10H2,1-3H3,(H,15,16). The van der Waals surface area contributed by atoms with E-state index in [0.717, 1.165) is 62.6 Å². The van der Waals surface area contributed by atoms with E-state index in [2.05, 4.69) is 30.5 Å². The summed E-state index contributed by atoms with van der Waals surface area (Å²) in [5.41, 5.74) is 1.09. The van der Waals surface area contributed by atoms with Crippen molar-refractivity contribution in [2.24, 2.45) is 4.99 Å². The second-order valence-corrected chi connectivity index (χ2v) is 6.20. The van der Waals surface area contributed by atoms with Crippen molar-refractivity contribution in [1.29, 1.82) is 0 Å². The Labute approximate surface area is 130 Å². The van der Waals surface area contributed by atoms with Gasteiger partial charge in [-0.2, -0.15) is 0 Å². The molecule has 0 amide bonds. The maximum atomic E-state index is 5.35. The lowest BCUT2D eigenvalue weighted by atomic mass is 10.4. The van der Waals surface area contributed by atoms with Crippen molar-refractivity contribution in [3.63, 3.8) is 0 Å². The van der Waals surface area contributed by atoms with E-state index in [-0.39, 0.29) is 0 Å². The molecule has 0 unspecified atom stereocenters. The highest BCUT2D eigenvalue weighted by molar-refractivity contribution is 7.09. The molecule has 0 saturated carbocycles. The molecule has 1 aliphatic rings. The molecule has 1 aliphatic heterocycles. The highest BCUT2D eigenvalue weighted by Gasteiger charge is 2.11. The molecule has 0 spiro atoms. The van der Waals surface area contributed by atoms with E-state index >= 15 is 0 Å². The first kappa shape index (κ1) is 16.2. The van der Waals surface area contributed by atoms with E-state index in [1.165, 1.54) is 0 Å². The lowest BCUT2D eigenvalue weighted by Crippen LogP contribution is -2.44. The smallest absolute Gasteiger partial charge is 0.193 e. The fourth-order valence-electron chi connectivity index (χ4n) is 2.33. The van der Waals surface area contributed by atoms with Crippen LogP contribution in [0, 0.1) is 6.92 Å². The molecule has 1 N–H and O–H groups in total. The minimum absolute atomic E-state index is 0.779. The molecule has 0 bridgehead atoms. The first-order valence-corrected chi connectivity index (χ1v) is 8.20. The van der Waals surface area contributed by atoms with Crippen LogP contribution in [0.15, 0.2) is 10.4 Å². The van der Waals surface area contributed by atoms with Crippen molar-refractivity contribution in [1.82, 2.24) is 20.1 Å². The Morgan fingerprint density at radius 3 is 2.90 bits per heavy atom. The minimum atomic E-state index is 0.779. The summed E-state index contributed by atoms with van der Waals surface area (Å²) in [6.45, 7) is 8.46. The quantitative estimate of drug-likeness (QED) is 0.644. The predicted octanol–water partition coefficient (Wildman–Crippen LogP) is 0.791. The topological polar surface area (TPSA) is 53.0 Å². The zero-order valence-electron chi connectivity index (χ0n) is 13.1. The molecule has 1 fully saturated rings. The molecule has 1 aromatic rings. The van der Waals surface area contributed by atoms with Gasteiger partial charge in [-0.3, -0.25) is 9.89 Å². The molecule has 21 heavy (non-hydrogen) atoms. The molecule has 1 aromatic heterocycles. The lowest BCUT2D eigenvalue weighted by molar-refractivity contribution is 0.0388. The maximum Gasteiger partial charge on any atom is 0.193 e. The summed E-state index contributed by atoms with van der Waals surface area (Å²) in [4.78, 5) is 13.3. The molecule has 1 saturated heterocycles. The molecule has 0 aromatic carbocycles. The van der Waals surface area contributed by atoms with Gasteiger partial charge in [0.2, 0.25) is 0 Å². The maximum absolute atomic E-state index is 5.35. The van der Waals surface area contributed by atoms with Crippen LogP contribution in [0.2, 0.25) is 0 Å². The lowest BCUT2D eigenvalue weighted by Gasteiger charge is -2.27. The monoisotopic (exact) mass is 311 g/mol. The number of thiazole rings is 1. The normalized spacial score (nSPS) is 17.0. The number of hydrogen-bond donors (Lipinski definition) is 1. The number of aryl methyl sites for hydroxylation is 1. The Balaban J connectivity index is 1.74. The van der Waals surface area contributed by atoms with Gasteiger partial charge >= 0.3 is 0 Å². The van der Waals surface area contributed by atoms with Crippen molar-refractivity contribution in [2.75, 3.05) is 53.5 Å². The number of rotatable bonds is 5. The van der Waals surface area contributed by atoms with Crippen molar-refractivity contribution in [3.8, 4) is 0 Å². The molecule has 6 nitrogen and oxygen atoms in total. The molecule has 2 heterocycles. The SMILES string of the molecule is CN=C(NCCN1CCOCC1)N(C)Cc1csc(C)n1. The Hall–Kier alpha value is -1.18. The number of aliphatic imine (C=N–C) groups is 1. The van der Waals surface area contributed by atoms with Gasteiger partial charge in [0.25, 0.3) is 0 Å². The van der Waals surface area contributed by atoms with Gasteiger partial charge in [-0.1, -0.05) is 0 Å². The van der Waals surface area contributed by atoms with E-state index in [1.807, 2.05) is 21.0 Å². The van der Waals surface area contributed by atoms with Crippen LogP contribution in [0.3, 0.4) is 0 Å². The van der Waals surface area contributed by atoms with Crippen molar-refractivity contribution in [2.45, 2.75) is 13.5 Å². The number of aromatic nitrogens is 1. The van der Waals surface area contributed by atoms with Gasteiger partial charge in [0.15, 0.2) is 5.96 Å². The fourth-order valence-corrected chi connectivity index (χ4v) is 2.94. The van der Waals surface area contributed by atoms with Crippen LogP contribution in [0.4, 0.5) is 0 Å². The van der Waals surface area contributed by atoms with Crippen LogP contribution >= 0.6 is 11.3 Å². The third-order valence-corrected chi connectivity index (χ3v) is 4.28. The average Bonchev–Trinajstić information content (AvgIpc) is 2.89. The van der Waals surface area contributed by atoms with Gasteiger partial charge in [-0.25, -0.2) is 4.98 Å². The Bertz CT molecular complexity index is 456. The number of nitrogens with zero attached hydrogens (tertiary/aromatic N) is 4. The summed E-state index contributed by atoms with van der Waals surface area (Å²) in [7, 11) is 3.86. The zero-order valence-corrected chi connectivity index (χ0v) is 13.9. The van der Waals surface area contributed by atoms with E-state index in [1.54, 1.807) is 11.3 Å². The largest absolute Gasteiger partial charge is 0.379 e. The van der Waals surface area contributed by atoms with Gasteiger partial charge in [0, 0.05) is 45.7 Å². The fraction of sp³-hybridized carbons (Fsp3) is 0.714. The third kappa shape index (κ3) is 5.26. The Morgan fingerprint density at radius 2 is 2.29 bits per heavy atom. The van der Waals surface area contributed by atoms with Gasteiger partial charge < -0.3 is 15.0 Å². The van der Waals surface area contributed by atoms with Crippen LogP contribution in [0.1, 0.15) is 10.7 Å². The summed E-state index contributed by atoms with van der Waals surface area (Å²) >= 11 is 1.69. The first-order chi connectivity index (χ1) is 10.2. The summed E-state index contributed by atoms with van der Waals surface area (Å²) < 4.78 is 5.35. The van der Waals surface area contributed by atoms with E-state index in [9.17, 15) is 0 Å². The zero-order chi connectivity index (χ0) is 15.1. The number of guanidine groups is 1. The number of ether oxygens (including phenoxy) is 1. The van der Waals surface area contributed by atoms with Gasteiger partial charge in [0.1, 0.15) is 0 Å². The van der Waals surface area contributed by atoms with E-state index in [0.29, 0.717) is 0 Å². The first-order valence-electron chi connectivity index (χ1n) is 7.32. The minimum Gasteiger partial charge on any atom is -0.379 e. The van der Waals surface area contributed by atoms with E-state index < -0.39 is 0 Å². The van der Waals surface area contributed by atoms with Gasteiger partial charge in [-0.05, 0) is 6.92 Å².